The average Bonchev–Trinajstić information content (AvgIpc) is 2.98. The predicted molar refractivity (Wildman–Crippen MR) is 93.2 cm³/mol. The predicted octanol–water partition coefficient (Wildman–Crippen LogP) is 3.08. The van der Waals surface area contributed by atoms with E-state index in [9.17, 15) is 9.90 Å². The second-order valence-electron chi connectivity index (χ2n) is 6.85. The van der Waals surface area contributed by atoms with Gasteiger partial charge >= 0.3 is 5.97 Å². The van der Waals surface area contributed by atoms with E-state index < -0.39 is 12.1 Å². The average molecular weight is 325 g/mol. The molecule has 126 valence electrons. The molecule has 2 aromatic carbocycles. The first-order valence-electron chi connectivity index (χ1n) is 8.27. The van der Waals surface area contributed by atoms with E-state index in [1.807, 2.05) is 6.07 Å². The largest absolute Gasteiger partial charge is 0.478 e. The number of rotatable bonds is 5. The Labute approximate surface area is 142 Å². The van der Waals surface area contributed by atoms with Crippen LogP contribution >= 0.6 is 0 Å². The molecular weight excluding hydrogens is 302 g/mol. The quantitative estimate of drug-likeness (QED) is 0.887. The zero-order valence-electron chi connectivity index (χ0n) is 13.9. The minimum atomic E-state index is -0.950. The molecule has 3 rings (SSSR count). The van der Waals surface area contributed by atoms with E-state index in [4.69, 9.17) is 5.11 Å². The number of aromatic carboxylic acids is 1. The summed E-state index contributed by atoms with van der Waals surface area (Å²) in [5.74, 6) is -0.950. The Morgan fingerprint density at radius 1 is 1.17 bits per heavy atom. The molecule has 4 nitrogen and oxygen atoms in total. The van der Waals surface area contributed by atoms with Gasteiger partial charge < -0.3 is 10.2 Å². The summed E-state index contributed by atoms with van der Waals surface area (Å²) in [5, 5.41) is 19.4. The van der Waals surface area contributed by atoms with E-state index in [2.05, 4.69) is 36.1 Å². The molecular formula is C20H23NO3. The van der Waals surface area contributed by atoms with Gasteiger partial charge in [-0.1, -0.05) is 49.4 Å². The van der Waals surface area contributed by atoms with Crippen molar-refractivity contribution < 1.29 is 15.0 Å². The Balaban J connectivity index is 1.63. The van der Waals surface area contributed by atoms with Gasteiger partial charge in [-0.25, -0.2) is 4.79 Å². The van der Waals surface area contributed by atoms with E-state index in [-0.39, 0.29) is 11.0 Å². The lowest BCUT2D eigenvalue weighted by Crippen LogP contribution is -2.31. The molecule has 0 amide bonds. The summed E-state index contributed by atoms with van der Waals surface area (Å²) in [6.07, 6.45) is 0.466. The van der Waals surface area contributed by atoms with Crippen LogP contribution in [0.4, 0.5) is 0 Å². The van der Waals surface area contributed by atoms with E-state index in [0.29, 0.717) is 6.54 Å². The highest BCUT2D eigenvalue weighted by Gasteiger charge is 2.35. The third-order valence-electron chi connectivity index (χ3n) is 5.00. The summed E-state index contributed by atoms with van der Waals surface area (Å²) >= 11 is 0. The number of carboxylic acids is 1. The number of benzene rings is 2. The standard InChI is InChI=1S/C20H23NO3/c1-20(17-5-3-2-4-6-17)11-12-21(14-20)13-18(22)15-7-9-16(10-8-15)19(23)24/h2-10,18,22H,11-14H2,1H3,(H,23,24). The molecule has 2 atom stereocenters. The van der Waals surface area contributed by atoms with Crippen molar-refractivity contribution in [1.29, 1.82) is 0 Å². The van der Waals surface area contributed by atoms with Gasteiger partial charge in [-0.3, -0.25) is 4.90 Å². The Hall–Kier alpha value is -2.17. The van der Waals surface area contributed by atoms with Crippen molar-refractivity contribution in [3.63, 3.8) is 0 Å². The molecule has 1 saturated heterocycles. The molecule has 2 aromatic rings. The van der Waals surface area contributed by atoms with E-state index in [1.54, 1.807) is 24.3 Å². The highest BCUT2D eigenvalue weighted by atomic mass is 16.4. The molecule has 0 aromatic heterocycles. The van der Waals surface area contributed by atoms with E-state index in [1.165, 1.54) is 5.56 Å². The van der Waals surface area contributed by atoms with Crippen LogP contribution in [0.25, 0.3) is 0 Å². The molecule has 1 heterocycles. The van der Waals surface area contributed by atoms with Crippen LogP contribution in [0.15, 0.2) is 54.6 Å². The Morgan fingerprint density at radius 2 is 1.83 bits per heavy atom. The molecule has 2 N–H and O–H groups in total. The van der Waals surface area contributed by atoms with Crippen molar-refractivity contribution in [2.24, 2.45) is 0 Å². The Bertz CT molecular complexity index is 699. The molecule has 24 heavy (non-hydrogen) atoms. The van der Waals surface area contributed by atoms with Gasteiger partial charge in [-0.05, 0) is 36.2 Å². The van der Waals surface area contributed by atoms with Gasteiger partial charge in [0.25, 0.3) is 0 Å². The first-order chi connectivity index (χ1) is 11.5. The van der Waals surface area contributed by atoms with Gasteiger partial charge in [-0.15, -0.1) is 0 Å². The number of hydrogen-bond acceptors (Lipinski definition) is 3. The third-order valence-corrected chi connectivity index (χ3v) is 5.00. The Morgan fingerprint density at radius 3 is 2.46 bits per heavy atom. The van der Waals surface area contributed by atoms with Crippen molar-refractivity contribution in [3.05, 3.63) is 71.3 Å². The number of β-amino-alcohol motifs (C(OH)–C–C–N with tert-alkyl or cyclic N) is 1. The van der Waals surface area contributed by atoms with Crippen LogP contribution in [-0.2, 0) is 5.41 Å². The Kier molecular flexibility index (Phi) is 4.69. The summed E-state index contributed by atoms with van der Waals surface area (Å²) in [5.41, 5.74) is 2.46. The van der Waals surface area contributed by atoms with Crippen LogP contribution in [-0.4, -0.2) is 40.7 Å². The SMILES string of the molecule is CC1(c2ccccc2)CCN(CC(O)c2ccc(C(=O)O)cc2)C1. The van der Waals surface area contributed by atoms with Gasteiger partial charge in [0.2, 0.25) is 0 Å². The maximum atomic E-state index is 10.9. The lowest BCUT2D eigenvalue weighted by Gasteiger charge is -2.26. The number of aliphatic hydroxyl groups is 1. The van der Waals surface area contributed by atoms with Crippen molar-refractivity contribution in [2.45, 2.75) is 24.9 Å². The number of carboxylic acid groups (broad SMARTS) is 1. The molecule has 0 aliphatic carbocycles. The monoisotopic (exact) mass is 325 g/mol. The number of nitrogens with zero attached hydrogens (tertiary/aromatic N) is 1. The molecule has 1 aliphatic heterocycles. The van der Waals surface area contributed by atoms with E-state index >= 15 is 0 Å². The number of aliphatic hydroxyl groups excluding tert-OH is 1. The first kappa shape index (κ1) is 16.7. The van der Waals surface area contributed by atoms with E-state index in [0.717, 1.165) is 25.1 Å². The summed E-state index contributed by atoms with van der Waals surface area (Å²) in [7, 11) is 0. The topological polar surface area (TPSA) is 60.8 Å². The summed E-state index contributed by atoms with van der Waals surface area (Å²) < 4.78 is 0. The molecule has 0 bridgehead atoms. The van der Waals surface area contributed by atoms with Crippen molar-refractivity contribution >= 4 is 5.97 Å². The number of carbonyl (C=O) groups is 1. The highest BCUT2D eigenvalue weighted by Crippen LogP contribution is 2.34. The zero-order valence-corrected chi connectivity index (χ0v) is 13.9. The fourth-order valence-corrected chi connectivity index (χ4v) is 3.49. The molecule has 1 fully saturated rings. The molecule has 0 spiro atoms. The molecule has 4 heteroatoms. The van der Waals surface area contributed by atoms with Crippen molar-refractivity contribution in [2.75, 3.05) is 19.6 Å². The lowest BCUT2D eigenvalue weighted by atomic mass is 9.82. The van der Waals surface area contributed by atoms with Crippen LogP contribution in [0.3, 0.4) is 0 Å². The van der Waals surface area contributed by atoms with Crippen molar-refractivity contribution in [1.82, 2.24) is 4.90 Å². The summed E-state index contributed by atoms with van der Waals surface area (Å²) in [6, 6.07) is 17.0. The normalized spacial score (nSPS) is 22.4. The van der Waals surface area contributed by atoms with Crippen LogP contribution in [0.1, 0.15) is 40.9 Å². The lowest BCUT2D eigenvalue weighted by molar-refractivity contribution is 0.0696. The maximum Gasteiger partial charge on any atom is 0.335 e. The fraction of sp³-hybridized carbons (Fsp3) is 0.350. The molecule has 0 radical (unpaired) electrons. The number of likely N-dealkylation sites (tertiary alicyclic amines) is 1. The molecule has 2 unspecified atom stereocenters. The van der Waals surface area contributed by atoms with Crippen LogP contribution in [0, 0.1) is 0 Å². The van der Waals surface area contributed by atoms with Gasteiger partial charge in [-0.2, -0.15) is 0 Å². The third kappa shape index (κ3) is 3.50. The van der Waals surface area contributed by atoms with Gasteiger partial charge in [0.15, 0.2) is 0 Å². The van der Waals surface area contributed by atoms with Gasteiger partial charge in [0.05, 0.1) is 11.7 Å². The highest BCUT2D eigenvalue weighted by molar-refractivity contribution is 5.87. The van der Waals surface area contributed by atoms with Gasteiger partial charge in [0.1, 0.15) is 0 Å². The summed E-state index contributed by atoms with van der Waals surface area (Å²) in [4.78, 5) is 13.2. The zero-order chi connectivity index (χ0) is 17.2. The second-order valence-corrected chi connectivity index (χ2v) is 6.85. The fourth-order valence-electron chi connectivity index (χ4n) is 3.49. The van der Waals surface area contributed by atoms with Crippen LogP contribution in [0.2, 0.25) is 0 Å². The minimum absolute atomic E-state index is 0.119. The van der Waals surface area contributed by atoms with Crippen LogP contribution in [0.5, 0.6) is 0 Å². The minimum Gasteiger partial charge on any atom is -0.478 e. The smallest absolute Gasteiger partial charge is 0.335 e. The maximum absolute atomic E-state index is 10.9. The van der Waals surface area contributed by atoms with Crippen LogP contribution < -0.4 is 0 Å². The molecule has 1 aliphatic rings. The summed E-state index contributed by atoms with van der Waals surface area (Å²) in [6.45, 7) is 4.71. The first-order valence-corrected chi connectivity index (χ1v) is 8.27. The van der Waals surface area contributed by atoms with Crippen molar-refractivity contribution in [3.8, 4) is 0 Å². The second kappa shape index (κ2) is 6.75. The number of hydrogen-bond donors (Lipinski definition) is 2. The van der Waals surface area contributed by atoms with Gasteiger partial charge in [0, 0.05) is 18.5 Å². The molecule has 0 saturated carbocycles.